The van der Waals surface area contributed by atoms with Gasteiger partial charge in [-0.05, 0) is 33.6 Å². The zero-order valence-electron chi connectivity index (χ0n) is 10.2. The molecule has 1 rings (SSSR count). The van der Waals surface area contributed by atoms with Gasteiger partial charge >= 0.3 is 5.97 Å². The first-order chi connectivity index (χ1) is 7.58. The number of carboxylic acid groups (broad SMARTS) is 1. The fourth-order valence-corrected chi connectivity index (χ4v) is 1.91. The normalized spacial score (nSPS) is 22.6. The molecule has 1 fully saturated rings. The number of hydrogen-bond acceptors (Lipinski definition) is 4. The van der Waals surface area contributed by atoms with Crippen molar-refractivity contribution in [2.75, 3.05) is 46.9 Å². The summed E-state index contributed by atoms with van der Waals surface area (Å²) in [4.78, 5) is 15.0. The highest BCUT2D eigenvalue weighted by Crippen LogP contribution is 2.09. The molecule has 0 aromatic heterocycles. The van der Waals surface area contributed by atoms with Gasteiger partial charge in [-0.25, -0.2) is 0 Å². The van der Waals surface area contributed by atoms with Crippen molar-refractivity contribution in [3.63, 3.8) is 0 Å². The van der Waals surface area contributed by atoms with E-state index in [1.165, 1.54) is 0 Å². The van der Waals surface area contributed by atoms with Gasteiger partial charge in [0.2, 0.25) is 0 Å². The summed E-state index contributed by atoms with van der Waals surface area (Å²) in [5.74, 6) is -0.778. The van der Waals surface area contributed by atoms with E-state index < -0.39 is 5.97 Å². The topological polar surface area (TPSA) is 53.0 Å². The molecule has 0 amide bonds. The largest absolute Gasteiger partial charge is 0.481 e. The van der Waals surface area contributed by atoms with Crippen LogP contribution in [0.3, 0.4) is 0 Å². The predicted octanol–water partition coefficient (Wildman–Crippen LogP) is 0.114. The lowest BCUT2D eigenvalue weighted by Gasteiger charge is -2.32. The fraction of sp³-hybridized carbons (Fsp3) is 0.909. The van der Waals surface area contributed by atoms with Gasteiger partial charge in [-0.15, -0.1) is 0 Å². The van der Waals surface area contributed by atoms with Crippen molar-refractivity contribution in [2.24, 2.45) is 0 Å². The summed E-state index contributed by atoms with van der Waals surface area (Å²) in [6, 6.07) is 0. The molecule has 1 unspecified atom stereocenters. The Bertz CT molecular complexity index is 221. The van der Waals surface area contributed by atoms with Crippen molar-refractivity contribution in [1.82, 2.24) is 9.80 Å². The Morgan fingerprint density at radius 1 is 1.56 bits per heavy atom. The van der Waals surface area contributed by atoms with Crippen LogP contribution in [-0.2, 0) is 9.53 Å². The van der Waals surface area contributed by atoms with Gasteiger partial charge in [0.05, 0.1) is 19.1 Å². The third-order valence-electron chi connectivity index (χ3n) is 2.70. The Labute approximate surface area is 97.0 Å². The van der Waals surface area contributed by atoms with E-state index in [4.69, 9.17) is 9.84 Å². The summed E-state index contributed by atoms with van der Waals surface area (Å²) in [5.41, 5.74) is 0. The molecule has 1 aliphatic heterocycles. The number of ether oxygens (including phenoxy) is 1. The quantitative estimate of drug-likeness (QED) is 0.702. The number of hydrogen-bond donors (Lipinski definition) is 1. The Kier molecular flexibility index (Phi) is 5.73. The maximum absolute atomic E-state index is 10.6. The van der Waals surface area contributed by atoms with Gasteiger partial charge < -0.3 is 14.7 Å². The average Bonchev–Trinajstić information content (AvgIpc) is 2.16. The second-order valence-electron chi connectivity index (χ2n) is 4.55. The van der Waals surface area contributed by atoms with E-state index in [2.05, 4.69) is 23.9 Å². The van der Waals surface area contributed by atoms with Gasteiger partial charge in [0, 0.05) is 13.1 Å². The smallest absolute Gasteiger partial charge is 0.306 e. The van der Waals surface area contributed by atoms with Crippen molar-refractivity contribution in [2.45, 2.75) is 18.9 Å². The second-order valence-corrected chi connectivity index (χ2v) is 4.55. The van der Waals surface area contributed by atoms with Crippen LogP contribution in [0.15, 0.2) is 0 Å². The van der Waals surface area contributed by atoms with Crippen LogP contribution in [0.4, 0.5) is 0 Å². The molecule has 0 aliphatic carbocycles. The lowest BCUT2D eigenvalue weighted by molar-refractivity contribution is -0.142. The molecule has 1 N–H and O–H groups in total. The van der Waals surface area contributed by atoms with Crippen molar-refractivity contribution in [3.8, 4) is 0 Å². The number of aliphatic carboxylic acids is 1. The Hall–Kier alpha value is -0.650. The average molecular weight is 230 g/mol. The summed E-state index contributed by atoms with van der Waals surface area (Å²) in [6.45, 7) is 4.42. The molecule has 94 valence electrons. The Morgan fingerprint density at radius 2 is 2.31 bits per heavy atom. The third-order valence-corrected chi connectivity index (χ3v) is 2.70. The summed E-state index contributed by atoms with van der Waals surface area (Å²) >= 11 is 0. The van der Waals surface area contributed by atoms with E-state index in [-0.39, 0.29) is 12.5 Å². The maximum atomic E-state index is 10.6. The van der Waals surface area contributed by atoms with Crippen LogP contribution in [0.1, 0.15) is 12.8 Å². The Morgan fingerprint density at radius 3 is 2.94 bits per heavy atom. The summed E-state index contributed by atoms with van der Waals surface area (Å²) in [6.07, 6.45) is 1.10. The molecule has 0 aromatic carbocycles. The second kappa shape index (κ2) is 6.83. The minimum atomic E-state index is -0.778. The standard InChI is InChI=1S/C11H22N2O3/c1-12(2)4-3-5-13-6-7-16-10(9-13)8-11(14)15/h10H,3-9H2,1-2H3,(H,14,15). The molecule has 1 heterocycles. The summed E-state index contributed by atoms with van der Waals surface area (Å²) in [5, 5.41) is 8.70. The van der Waals surface area contributed by atoms with Gasteiger partial charge in [-0.2, -0.15) is 0 Å². The summed E-state index contributed by atoms with van der Waals surface area (Å²) in [7, 11) is 4.12. The molecular weight excluding hydrogens is 208 g/mol. The van der Waals surface area contributed by atoms with Gasteiger partial charge in [0.15, 0.2) is 0 Å². The van der Waals surface area contributed by atoms with E-state index in [9.17, 15) is 4.79 Å². The molecule has 1 aliphatic rings. The van der Waals surface area contributed by atoms with Gasteiger partial charge in [0.1, 0.15) is 0 Å². The zero-order valence-corrected chi connectivity index (χ0v) is 10.2. The number of nitrogens with zero attached hydrogens (tertiary/aromatic N) is 2. The van der Waals surface area contributed by atoms with E-state index in [0.717, 1.165) is 32.6 Å². The van der Waals surface area contributed by atoms with Crippen molar-refractivity contribution in [1.29, 1.82) is 0 Å². The SMILES string of the molecule is CN(C)CCCN1CCOC(CC(=O)O)C1. The molecule has 0 aromatic rings. The van der Waals surface area contributed by atoms with Gasteiger partial charge in [-0.1, -0.05) is 0 Å². The van der Waals surface area contributed by atoms with E-state index in [0.29, 0.717) is 6.61 Å². The van der Waals surface area contributed by atoms with Gasteiger partial charge in [-0.3, -0.25) is 9.69 Å². The number of rotatable bonds is 6. The maximum Gasteiger partial charge on any atom is 0.306 e. The van der Waals surface area contributed by atoms with Crippen LogP contribution >= 0.6 is 0 Å². The molecule has 0 spiro atoms. The molecule has 5 nitrogen and oxygen atoms in total. The van der Waals surface area contributed by atoms with Crippen LogP contribution in [0.5, 0.6) is 0 Å². The minimum Gasteiger partial charge on any atom is -0.481 e. The summed E-state index contributed by atoms with van der Waals surface area (Å²) < 4.78 is 5.41. The first-order valence-corrected chi connectivity index (χ1v) is 5.78. The first-order valence-electron chi connectivity index (χ1n) is 5.78. The molecule has 5 heteroatoms. The fourth-order valence-electron chi connectivity index (χ4n) is 1.91. The number of carbonyl (C=O) groups is 1. The van der Waals surface area contributed by atoms with Crippen LogP contribution in [0.2, 0.25) is 0 Å². The van der Waals surface area contributed by atoms with Crippen molar-refractivity contribution in [3.05, 3.63) is 0 Å². The highest BCUT2D eigenvalue weighted by Gasteiger charge is 2.22. The molecule has 0 radical (unpaired) electrons. The molecule has 0 bridgehead atoms. The Balaban J connectivity index is 2.19. The van der Waals surface area contributed by atoms with Crippen LogP contribution in [-0.4, -0.2) is 73.9 Å². The highest BCUT2D eigenvalue weighted by atomic mass is 16.5. The number of carboxylic acids is 1. The zero-order chi connectivity index (χ0) is 12.0. The highest BCUT2D eigenvalue weighted by molar-refractivity contribution is 5.67. The van der Waals surface area contributed by atoms with Crippen LogP contribution in [0, 0.1) is 0 Å². The van der Waals surface area contributed by atoms with Gasteiger partial charge in [0.25, 0.3) is 0 Å². The lowest BCUT2D eigenvalue weighted by Crippen LogP contribution is -2.44. The van der Waals surface area contributed by atoms with E-state index in [1.54, 1.807) is 0 Å². The van der Waals surface area contributed by atoms with E-state index >= 15 is 0 Å². The third kappa shape index (κ3) is 5.44. The number of morpholine rings is 1. The first kappa shape index (κ1) is 13.4. The van der Waals surface area contributed by atoms with Crippen LogP contribution in [0.25, 0.3) is 0 Å². The van der Waals surface area contributed by atoms with E-state index in [1.807, 2.05) is 0 Å². The van der Waals surface area contributed by atoms with Crippen molar-refractivity contribution < 1.29 is 14.6 Å². The molecular formula is C11H22N2O3. The molecule has 1 saturated heterocycles. The lowest BCUT2D eigenvalue weighted by atomic mass is 10.2. The molecule has 16 heavy (non-hydrogen) atoms. The molecule has 0 saturated carbocycles. The predicted molar refractivity (Wildman–Crippen MR) is 61.6 cm³/mol. The van der Waals surface area contributed by atoms with Crippen molar-refractivity contribution >= 4 is 5.97 Å². The molecule has 1 atom stereocenters. The monoisotopic (exact) mass is 230 g/mol. The van der Waals surface area contributed by atoms with Crippen LogP contribution < -0.4 is 0 Å². The minimum absolute atomic E-state index is 0.115.